The molecule has 0 radical (unpaired) electrons. The standard InChI is InChI=1S/C11H15N3O2S/c12-10-13-9-6-2-1-5-14(11(15)16)7(6)3-4-8(9)17-10/h6-7H,1-5H2,(H2,12,13)(H,15,16)/t6-,7+/m0/s1. The van der Waals surface area contributed by atoms with Crippen LogP contribution in [0.4, 0.5) is 9.93 Å². The molecular formula is C11H15N3O2S. The maximum atomic E-state index is 11.2. The molecule has 0 unspecified atom stereocenters. The van der Waals surface area contributed by atoms with Gasteiger partial charge in [-0.15, -0.1) is 11.3 Å². The summed E-state index contributed by atoms with van der Waals surface area (Å²) in [6.07, 6.45) is 2.97. The first-order chi connectivity index (χ1) is 8.16. The minimum absolute atomic E-state index is 0.107. The van der Waals surface area contributed by atoms with Gasteiger partial charge in [-0.05, 0) is 25.7 Å². The van der Waals surface area contributed by atoms with Crippen LogP contribution in [0.2, 0.25) is 0 Å². The van der Waals surface area contributed by atoms with Crippen LogP contribution in [-0.2, 0) is 6.42 Å². The van der Waals surface area contributed by atoms with E-state index in [9.17, 15) is 9.90 Å². The molecule has 6 heteroatoms. The van der Waals surface area contributed by atoms with Crippen molar-refractivity contribution in [3.05, 3.63) is 10.6 Å². The van der Waals surface area contributed by atoms with Gasteiger partial charge in [0.25, 0.3) is 0 Å². The normalized spacial score (nSPS) is 27.4. The molecule has 0 spiro atoms. The van der Waals surface area contributed by atoms with Crippen LogP contribution in [0.1, 0.15) is 35.8 Å². The number of aromatic nitrogens is 1. The summed E-state index contributed by atoms with van der Waals surface area (Å²) in [6, 6.07) is 0.107. The number of fused-ring (bicyclic) bond motifs is 3. The first-order valence-electron chi connectivity index (χ1n) is 5.91. The number of carbonyl (C=O) groups is 1. The predicted molar refractivity (Wildman–Crippen MR) is 65.3 cm³/mol. The zero-order chi connectivity index (χ0) is 12.0. The van der Waals surface area contributed by atoms with E-state index < -0.39 is 6.09 Å². The minimum Gasteiger partial charge on any atom is -0.465 e. The number of hydrogen-bond donors (Lipinski definition) is 2. The van der Waals surface area contributed by atoms with E-state index in [4.69, 9.17) is 5.73 Å². The maximum absolute atomic E-state index is 11.2. The zero-order valence-corrected chi connectivity index (χ0v) is 10.2. The third-order valence-electron chi connectivity index (χ3n) is 3.79. The Hall–Kier alpha value is -1.30. The van der Waals surface area contributed by atoms with Gasteiger partial charge in [-0.25, -0.2) is 9.78 Å². The van der Waals surface area contributed by atoms with Gasteiger partial charge in [-0.2, -0.15) is 0 Å². The second kappa shape index (κ2) is 3.87. The SMILES string of the molecule is Nc1nc2c(s1)CC[C@@H]1[C@@H]2CCCN1C(=O)O. The molecule has 17 heavy (non-hydrogen) atoms. The number of likely N-dealkylation sites (tertiary alicyclic amines) is 1. The molecule has 2 atom stereocenters. The van der Waals surface area contributed by atoms with Crippen LogP contribution >= 0.6 is 11.3 Å². The Kier molecular flexibility index (Phi) is 2.47. The molecule has 1 saturated heterocycles. The highest BCUT2D eigenvalue weighted by Crippen LogP contribution is 2.42. The Bertz CT molecular complexity index is 460. The third kappa shape index (κ3) is 1.67. The lowest BCUT2D eigenvalue weighted by Gasteiger charge is -2.41. The number of anilines is 1. The summed E-state index contributed by atoms with van der Waals surface area (Å²) in [7, 11) is 0. The largest absolute Gasteiger partial charge is 0.465 e. The summed E-state index contributed by atoms with van der Waals surface area (Å²) < 4.78 is 0. The fourth-order valence-corrected chi connectivity index (χ4v) is 4.02. The number of nitrogens with zero attached hydrogens (tertiary/aromatic N) is 2. The second-order valence-corrected chi connectivity index (χ2v) is 5.81. The Balaban J connectivity index is 1.95. The van der Waals surface area contributed by atoms with Crippen LogP contribution in [0.3, 0.4) is 0 Å². The van der Waals surface area contributed by atoms with Crippen LogP contribution in [0, 0.1) is 0 Å². The molecule has 1 aliphatic carbocycles. The lowest BCUT2D eigenvalue weighted by molar-refractivity contribution is 0.0893. The van der Waals surface area contributed by atoms with Gasteiger partial charge < -0.3 is 15.7 Å². The fraction of sp³-hybridized carbons (Fsp3) is 0.636. The Labute approximate surface area is 103 Å². The molecule has 1 aliphatic heterocycles. The quantitative estimate of drug-likeness (QED) is 0.740. The average Bonchev–Trinajstić information content (AvgIpc) is 2.68. The fourth-order valence-electron chi connectivity index (χ4n) is 3.10. The van der Waals surface area contributed by atoms with Crippen LogP contribution < -0.4 is 5.73 Å². The van der Waals surface area contributed by atoms with E-state index in [0.29, 0.717) is 11.7 Å². The van der Waals surface area contributed by atoms with Crippen molar-refractivity contribution in [3.63, 3.8) is 0 Å². The minimum atomic E-state index is -0.800. The van der Waals surface area contributed by atoms with Crippen LogP contribution in [0.25, 0.3) is 0 Å². The van der Waals surface area contributed by atoms with Crippen molar-refractivity contribution in [2.75, 3.05) is 12.3 Å². The molecule has 2 aliphatic rings. The highest BCUT2D eigenvalue weighted by molar-refractivity contribution is 7.15. The molecule has 0 bridgehead atoms. The molecule has 5 nitrogen and oxygen atoms in total. The van der Waals surface area contributed by atoms with Crippen molar-refractivity contribution in [2.24, 2.45) is 0 Å². The lowest BCUT2D eigenvalue weighted by Crippen LogP contribution is -2.48. The Morgan fingerprint density at radius 1 is 1.53 bits per heavy atom. The molecule has 1 amide bonds. The van der Waals surface area contributed by atoms with Crippen molar-refractivity contribution in [2.45, 2.75) is 37.6 Å². The molecule has 0 saturated carbocycles. The number of amides is 1. The Morgan fingerprint density at radius 3 is 3.12 bits per heavy atom. The number of piperidine rings is 1. The number of thiazole rings is 1. The van der Waals surface area contributed by atoms with E-state index in [0.717, 1.165) is 31.4 Å². The summed E-state index contributed by atoms with van der Waals surface area (Å²) in [5.74, 6) is 0.261. The number of aryl methyl sites for hydroxylation is 1. The summed E-state index contributed by atoms with van der Waals surface area (Å²) in [4.78, 5) is 18.5. The molecule has 3 rings (SSSR count). The molecule has 2 heterocycles. The van der Waals surface area contributed by atoms with Gasteiger partial charge in [0.15, 0.2) is 5.13 Å². The smallest absolute Gasteiger partial charge is 0.407 e. The van der Waals surface area contributed by atoms with E-state index >= 15 is 0 Å². The predicted octanol–water partition coefficient (Wildman–Crippen LogP) is 1.90. The van der Waals surface area contributed by atoms with Crippen molar-refractivity contribution >= 4 is 22.6 Å². The molecule has 0 aromatic carbocycles. The number of nitrogens with two attached hydrogens (primary N) is 1. The summed E-state index contributed by atoms with van der Waals surface area (Å²) in [5.41, 5.74) is 6.82. The van der Waals surface area contributed by atoms with Crippen molar-refractivity contribution in [3.8, 4) is 0 Å². The average molecular weight is 253 g/mol. The number of carboxylic acid groups (broad SMARTS) is 1. The molecule has 92 valence electrons. The number of rotatable bonds is 0. The topological polar surface area (TPSA) is 79.5 Å². The molecule has 3 N–H and O–H groups in total. The van der Waals surface area contributed by atoms with Gasteiger partial charge in [0.2, 0.25) is 0 Å². The maximum Gasteiger partial charge on any atom is 0.407 e. The first-order valence-corrected chi connectivity index (χ1v) is 6.73. The van der Waals surface area contributed by atoms with Crippen molar-refractivity contribution < 1.29 is 9.90 Å². The van der Waals surface area contributed by atoms with Gasteiger partial charge in [-0.1, -0.05) is 0 Å². The molecule has 1 aromatic rings. The van der Waals surface area contributed by atoms with Gasteiger partial charge >= 0.3 is 6.09 Å². The number of nitrogen functional groups attached to an aromatic ring is 1. The molecular weight excluding hydrogens is 238 g/mol. The Morgan fingerprint density at radius 2 is 2.35 bits per heavy atom. The molecule has 1 fully saturated rings. The lowest BCUT2D eigenvalue weighted by atomic mass is 9.79. The van der Waals surface area contributed by atoms with Gasteiger partial charge in [-0.3, -0.25) is 0 Å². The zero-order valence-electron chi connectivity index (χ0n) is 9.43. The number of hydrogen-bond acceptors (Lipinski definition) is 4. The van der Waals surface area contributed by atoms with Crippen LogP contribution in [0.15, 0.2) is 0 Å². The van der Waals surface area contributed by atoms with E-state index in [1.807, 2.05) is 0 Å². The molecule has 1 aromatic heterocycles. The van der Waals surface area contributed by atoms with Crippen molar-refractivity contribution in [1.82, 2.24) is 9.88 Å². The summed E-state index contributed by atoms with van der Waals surface area (Å²) in [5, 5.41) is 9.83. The second-order valence-electron chi connectivity index (χ2n) is 4.69. The highest BCUT2D eigenvalue weighted by atomic mass is 32.1. The van der Waals surface area contributed by atoms with Gasteiger partial charge in [0.05, 0.1) is 5.69 Å². The van der Waals surface area contributed by atoms with Crippen LogP contribution in [-0.4, -0.2) is 33.7 Å². The van der Waals surface area contributed by atoms with E-state index in [2.05, 4.69) is 4.98 Å². The monoisotopic (exact) mass is 253 g/mol. The summed E-state index contributed by atoms with van der Waals surface area (Å²) in [6.45, 7) is 0.658. The summed E-state index contributed by atoms with van der Waals surface area (Å²) >= 11 is 1.56. The first kappa shape index (κ1) is 10.8. The van der Waals surface area contributed by atoms with Gasteiger partial charge in [0.1, 0.15) is 0 Å². The van der Waals surface area contributed by atoms with Crippen molar-refractivity contribution in [1.29, 1.82) is 0 Å². The van der Waals surface area contributed by atoms with Crippen LogP contribution in [0.5, 0.6) is 0 Å². The van der Waals surface area contributed by atoms with E-state index in [-0.39, 0.29) is 12.0 Å². The highest BCUT2D eigenvalue weighted by Gasteiger charge is 2.40. The van der Waals surface area contributed by atoms with E-state index in [1.54, 1.807) is 16.2 Å². The third-order valence-corrected chi connectivity index (χ3v) is 4.75. The van der Waals surface area contributed by atoms with E-state index in [1.165, 1.54) is 4.88 Å². The van der Waals surface area contributed by atoms with Gasteiger partial charge in [0, 0.05) is 23.4 Å².